The summed E-state index contributed by atoms with van der Waals surface area (Å²) in [4.78, 5) is 0. The Morgan fingerprint density at radius 1 is 1.25 bits per heavy atom. The van der Waals surface area contributed by atoms with Gasteiger partial charge in [-0.1, -0.05) is 0 Å². The maximum atomic E-state index is 4.42. The molecule has 0 aromatic rings. The first-order chi connectivity index (χ1) is 3.79. The smallest absolute Gasteiger partial charge is 0.0346 e. The molecule has 1 fully saturated rings. The molecule has 0 spiro atoms. The quantitative estimate of drug-likeness (QED) is 0.469. The van der Waals surface area contributed by atoms with E-state index in [-0.39, 0.29) is 0 Å². The summed E-state index contributed by atoms with van der Waals surface area (Å²) < 4.78 is 0. The van der Waals surface area contributed by atoms with E-state index in [1.807, 2.05) is 0 Å². The van der Waals surface area contributed by atoms with Gasteiger partial charge in [0.2, 0.25) is 0 Å². The summed E-state index contributed by atoms with van der Waals surface area (Å²) in [6, 6.07) is 1.05. The Morgan fingerprint density at radius 3 is 2.00 bits per heavy atom. The first-order valence-corrected chi connectivity index (χ1v) is 3.19. The molecule has 0 amide bonds. The Balaban J connectivity index is 2.23. The highest BCUT2D eigenvalue weighted by molar-refractivity contribution is 4.76. The lowest BCUT2D eigenvalue weighted by molar-refractivity contribution is 0.362. The topological polar surface area (TPSA) is 26.1 Å². The molecule has 0 aromatic carbocycles. The predicted molar refractivity (Wildman–Crippen MR) is 33.9 cm³/mol. The third-order valence-electron chi connectivity index (χ3n) is 1.39. The van der Waals surface area contributed by atoms with Crippen molar-refractivity contribution in [2.75, 3.05) is 13.1 Å². The van der Waals surface area contributed by atoms with E-state index >= 15 is 0 Å². The Kier molecular flexibility index (Phi) is 1.86. The molecule has 2 nitrogen and oxygen atoms in total. The third-order valence-corrected chi connectivity index (χ3v) is 1.39. The molecular weight excluding hydrogens is 100 g/mol. The van der Waals surface area contributed by atoms with E-state index in [4.69, 9.17) is 0 Å². The number of nitrogens with one attached hydrogen (secondary N) is 1. The van der Waals surface area contributed by atoms with Crippen molar-refractivity contribution in [3.8, 4) is 0 Å². The van der Waals surface area contributed by atoms with Crippen molar-refractivity contribution in [3.63, 3.8) is 0 Å². The van der Waals surface area contributed by atoms with E-state index in [1.54, 1.807) is 0 Å². The van der Waals surface area contributed by atoms with Gasteiger partial charge in [-0.25, -0.2) is 5.32 Å². The van der Waals surface area contributed by atoms with Crippen LogP contribution in [0.15, 0.2) is 0 Å². The molecule has 1 radical (unpaired) electrons. The predicted octanol–water partition coefficient (Wildman–Crippen LogP) is -0.0290. The van der Waals surface area contributed by atoms with Gasteiger partial charge in [0.15, 0.2) is 0 Å². The van der Waals surface area contributed by atoms with E-state index < -0.39 is 0 Å². The molecule has 2 atom stereocenters. The van der Waals surface area contributed by atoms with Crippen LogP contribution in [0.4, 0.5) is 0 Å². The highest BCUT2D eigenvalue weighted by Gasteiger charge is 2.13. The van der Waals surface area contributed by atoms with Crippen LogP contribution in [0.5, 0.6) is 0 Å². The highest BCUT2D eigenvalue weighted by atomic mass is 15.1. The van der Waals surface area contributed by atoms with Gasteiger partial charge in [-0.05, 0) is 13.8 Å². The average Bonchev–Trinajstić information content (AvgIpc) is 1.64. The first-order valence-electron chi connectivity index (χ1n) is 3.19. The molecule has 2 unspecified atom stereocenters. The first kappa shape index (κ1) is 6.05. The summed E-state index contributed by atoms with van der Waals surface area (Å²) in [5.41, 5.74) is 0. The Hall–Kier alpha value is -0.0800. The van der Waals surface area contributed by atoms with E-state index in [0.29, 0.717) is 12.1 Å². The van der Waals surface area contributed by atoms with Crippen LogP contribution in [0, 0.1) is 0 Å². The summed E-state index contributed by atoms with van der Waals surface area (Å²) >= 11 is 0. The van der Waals surface area contributed by atoms with Gasteiger partial charge in [0.05, 0.1) is 0 Å². The maximum absolute atomic E-state index is 4.42. The fourth-order valence-corrected chi connectivity index (χ4v) is 1.04. The summed E-state index contributed by atoms with van der Waals surface area (Å²) in [5.74, 6) is 0. The molecule has 1 aliphatic heterocycles. The zero-order chi connectivity index (χ0) is 5.98. The molecule has 2 heteroatoms. The van der Waals surface area contributed by atoms with Gasteiger partial charge in [-0.15, -0.1) is 0 Å². The van der Waals surface area contributed by atoms with Crippen LogP contribution in [0.1, 0.15) is 13.8 Å². The average molecular weight is 113 g/mol. The van der Waals surface area contributed by atoms with Crippen LogP contribution in [0.3, 0.4) is 0 Å². The molecule has 1 heterocycles. The number of nitrogens with zero attached hydrogens (tertiary/aromatic N) is 1. The van der Waals surface area contributed by atoms with Gasteiger partial charge in [0.1, 0.15) is 0 Å². The molecule has 1 saturated heterocycles. The standard InChI is InChI=1S/C6H13N2/c1-5-3-7-4-6(2)8-5/h5-7H,3-4H2,1-2H3. The fourth-order valence-electron chi connectivity index (χ4n) is 1.04. The normalized spacial score (nSPS) is 39.8. The molecule has 1 aliphatic rings. The van der Waals surface area contributed by atoms with Crippen LogP contribution in [-0.4, -0.2) is 25.2 Å². The molecule has 0 bridgehead atoms. The SMILES string of the molecule is CC1CNCC(C)[N]1. The minimum Gasteiger partial charge on any atom is -0.314 e. The zero-order valence-corrected chi connectivity index (χ0v) is 5.52. The monoisotopic (exact) mass is 113 g/mol. The van der Waals surface area contributed by atoms with Crippen LogP contribution < -0.4 is 10.6 Å². The van der Waals surface area contributed by atoms with Crippen molar-refractivity contribution in [3.05, 3.63) is 0 Å². The number of hydrogen-bond donors (Lipinski definition) is 1. The highest BCUT2D eigenvalue weighted by Crippen LogP contribution is 1.93. The van der Waals surface area contributed by atoms with Gasteiger partial charge < -0.3 is 5.32 Å². The number of piperazine rings is 1. The van der Waals surface area contributed by atoms with Crippen molar-refractivity contribution in [1.29, 1.82) is 0 Å². The molecular formula is C6H13N2. The minimum absolute atomic E-state index is 0.527. The van der Waals surface area contributed by atoms with Gasteiger partial charge in [-0.2, -0.15) is 0 Å². The molecule has 1 N–H and O–H groups in total. The molecule has 0 saturated carbocycles. The summed E-state index contributed by atoms with van der Waals surface area (Å²) in [6.07, 6.45) is 0. The van der Waals surface area contributed by atoms with Crippen molar-refractivity contribution in [2.45, 2.75) is 25.9 Å². The van der Waals surface area contributed by atoms with Gasteiger partial charge >= 0.3 is 0 Å². The summed E-state index contributed by atoms with van der Waals surface area (Å²) in [5, 5.41) is 7.71. The van der Waals surface area contributed by atoms with E-state index in [0.717, 1.165) is 13.1 Å². The van der Waals surface area contributed by atoms with Crippen molar-refractivity contribution >= 4 is 0 Å². The molecule has 1 rings (SSSR count). The summed E-state index contributed by atoms with van der Waals surface area (Å²) in [7, 11) is 0. The molecule has 0 aliphatic carbocycles. The van der Waals surface area contributed by atoms with Crippen LogP contribution in [0.2, 0.25) is 0 Å². The Bertz CT molecular complexity index is 64.9. The third kappa shape index (κ3) is 1.46. The maximum Gasteiger partial charge on any atom is 0.0346 e. The minimum atomic E-state index is 0.527. The van der Waals surface area contributed by atoms with Gasteiger partial charge in [0.25, 0.3) is 0 Å². The Morgan fingerprint density at radius 2 is 1.75 bits per heavy atom. The van der Waals surface area contributed by atoms with Gasteiger partial charge in [0, 0.05) is 25.2 Å². The lowest BCUT2D eigenvalue weighted by Crippen LogP contribution is -2.47. The van der Waals surface area contributed by atoms with Crippen molar-refractivity contribution in [1.82, 2.24) is 10.6 Å². The summed E-state index contributed by atoms with van der Waals surface area (Å²) in [6.45, 7) is 6.40. The lowest BCUT2D eigenvalue weighted by atomic mass is 10.2. The number of hydrogen-bond acceptors (Lipinski definition) is 1. The Labute approximate surface area is 50.7 Å². The lowest BCUT2D eigenvalue weighted by Gasteiger charge is -2.24. The molecule has 47 valence electrons. The van der Waals surface area contributed by atoms with E-state index in [2.05, 4.69) is 24.5 Å². The van der Waals surface area contributed by atoms with Crippen LogP contribution >= 0.6 is 0 Å². The second kappa shape index (κ2) is 2.46. The fraction of sp³-hybridized carbons (Fsp3) is 1.00. The van der Waals surface area contributed by atoms with Crippen molar-refractivity contribution in [2.24, 2.45) is 0 Å². The van der Waals surface area contributed by atoms with E-state index in [1.165, 1.54) is 0 Å². The van der Waals surface area contributed by atoms with Crippen molar-refractivity contribution < 1.29 is 0 Å². The second-order valence-electron chi connectivity index (χ2n) is 2.51. The molecule has 8 heavy (non-hydrogen) atoms. The number of rotatable bonds is 0. The van der Waals surface area contributed by atoms with Crippen LogP contribution in [-0.2, 0) is 0 Å². The van der Waals surface area contributed by atoms with E-state index in [9.17, 15) is 0 Å². The van der Waals surface area contributed by atoms with Gasteiger partial charge in [-0.3, -0.25) is 0 Å². The zero-order valence-electron chi connectivity index (χ0n) is 5.52. The second-order valence-corrected chi connectivity index (χ2v) is 2.51. The molecule has 0 aromatic heterocycles. The van der Waals surface area contributed by atoms with Crippen LogP contribution in [0.25, 0.3) is 0 Å². The largest absolute Gasteiger partial charge is 0.314 e.